The van der Waals surface area contributed by atoms with Crippen LogP contribution in [0.15, 0.2) is 67.3 Å². The summed E-state index contributed by atoms with van der Waals surface area (Å²) in [6.07, 6.45) is 3.04. The van der Waals surface area contributed by atoms with E-state index in [-0.39, 0.29) is 5.57 Å². The van der Waals surface area contributed by atoms with Crippen molar-refractivity contribution in [2.75, 3.05) is 5.32 Å². The van der Waals surface area contributed by atoms with Crippen molar-refractivity contribution in [1.82, 2.24) is 9.97 Å². The quantitative estimate of drug-likeness (QED) is 0.298. The summed E-state index contributed by atoms with van der Waals surface area (Å²) in [5.41, 5.74) is 1.27. The second kappa shape index (κ2) is 9.06. The van der Waals surface area contributed by atoms with Crippen molar-refractivity contribution in [2.24, 2.45) is 0 Å². The standard InChI is InChI=1S/C19H12BrClN4O2S/c1-11-6-7-23-19(24-11)28-18-16(20)9-15(27-18)8-12(10-22)17(26)25-14-4-2-13(21)3-5-14/h2-9H,1H3,(H,25,26)/b12-8+. The molecule has 0 radical (unpaired) electrons. The molecule has 6 nitrogen and oxygen atoms in total. The van der Waals surface area contributed by atoms with E-state index in [2.05, 4.69) is 31.2 Å². The molecule has 0 unspecified atom stereocenters. The van der Waals surface area contributed by atoms with Gasteiger partial charge in [0.25, 0.3) is 5.91 Å². The predicted molar refractivity (Wildman–Crippen MR) is 111 cm³/mol. The van der Waals surface area contributed by atoms with Gasteiger partial charge in [0.05, 0.1) is 4.47 Å². The minimum absolute atomic E-state index is 0.0976. The highest BCUT2D eigenvalue weighted by Gasteiger charge is 2.15. The van der Waals surface area contributed by atoms with Crippen molar-refractivity contribution in [3.63, 3.8) is 0 Å². The van der Waals surface area contributed by atoms with E-state index in [0.29, 0.717) is 31.2 Å². The number of hydrogen-bond donors (Lipinski definition) is 1. The lowest BCUT2D eigenvalue weighted by Crippen LogP contribution is -2.13. The normalized spacial score (nSPS) is 11.1. The van der Waals surface area contributed by atoms with Crippen LogP contribution >= 0.6 is 39.3 Å². The fraction of sp³-hybridized carbons (Fsp3) is 0.0526. The molecule has 0 bridgehead atoms. The van der Waals surface area contributed by atoms with Crippen molar-refractivity contribution in [3.8, 4) is 6.07 Å². The Morgan fingerprint density at radius 2 is 2.11 bits per heavy atom. The molecule has 2 aromatic heterocycles. The number of carbonyl (C=O) groups is 1. The molecule has 140 valence electrons. The summed E-state index contributed by atoms with van der Waals surface area (Å²) >= 11 is 10.5. The number of hydrogen-bond acceptors (Lipinski definition) is 6. The second-order valence-corrected chi connectivity index (χ2v) is 7.73. The van der Waals surface area contributed by atoms with Gasteiger partial charge in [-0.25, -0.2) is 9.97 Å². The zero-order chi connectivity index (χ0) is 20.1. The van der Waals surface area contributed by atoms with E-state index >= 15 is 0 Å². The summed E-state index contributed by atoms with van der Waals surface area (Å²) in [6, 6.07) is 11.9. The van der Waals surface area contributed by atoms with Gasteiger partial charge in [0, 0.05) is 28.7 Å². The van der Waals surface area contributed by atoms with Gasteiger partial charge < -0.3 is 9.73 Å². The van der Waals surface area contributed by atoms with Crippen LogP contribution in [0.25, 0.3) is 6.08 Å². The van der Waals surface area contributed by atoms with Gasteiger partial charge in [-0.3, -0.25) is 4.79 Å². The van der Waals surface area contributed by atoms with Crippen LogP contribution in [0.2, 0.25) is 5.02 Å². The van der Waals surface area contributed by atoms with E-state index in [9.17, 15) is 10.1 Å². The second-order valence-electron chi connectivity index (χ2n) is 5.50. The van der Waals surface area contributed by atoms with Gasteiger partial charge in [0.2, 0.25) is 0 Å². The summed E-state index contributed by atoms with van der Waals surface area (Å²) in [7, 11) is 0. The van der Waals surface area contributed by atoms with Gasteiger partial charge in [-0.1, -0.05) is 11.6 Å². The Morgan fingerprint density at radius 3 is 2.79 bits per heavy atom. The summed E-state index contributed by atoms with van der Waals surface area (Å²) < 4.78 is 6.39. The van der Waals surface area contributed by atoms with Crippen LogP contribution in [0, 0.1) is 18.3 Å². The van der Waals surface area contributed by atoms with Crippen molar-refractivity contribution < 1.29 is 9.21 Å². The number of furan rings is 1. The molecule has 1 N–H and O–H groups in total. The molecule has 0 saturated heterocycles. The van der Waals surface area contributed by atoms with Crippen LogP contribution in [-0.4, -0.2) is 15.9 Å². The smallest absolute Gasteiger partial charge is 0.266 e. The van der Waals surface area contributed by atoms with Crippen molar-refractivity contribution in [3.05, 3.63) is 69.1 Å². The SMILES string of the molecule is Cc1ccnc(Sc2oc(/C=C(\C#N)C(=O)Nc3ccc(Cl)cc3)cc2Br)n1. The fourth-order valence-corrected chi connectivity index (χ4v) is 3.53. The lowest BCUT2D eigenvalue weighted by molar-refractivity contribution is -0.112. The van der Waals surface area contributed by atoms with Crippen LogP contribution in [0.5, 0.6) is 0 Å². The molecule has 1 aromatic carbocycles. The summed E-state index contributed by atoms with van der Waals surface area (Å²) in [5.74, 6) is -0.196. The lowest BCUT2D eigenvalue weighted by Gasteiger charge is -2.03. The number of anilines is 1. The van der Waals surface area contributed by atoms with Crippen molar-refractivity contribution in [1.29, 1.82) is 5.26 Å². The monoisotopic (exact) mass is 474 g/mol. The zero-order valence-corrected chi connectivity index (χ0v) is 17.6. The van der Waals surface area contributed by atoms with Crippen LogP contribution < -0.4 is 5.32 Å². The molecule has 2 heterocycles. The maximum absolute atomic E-state index is 12.3. The van der Waals surface area contributed by atoms with Gasteiger partial charge in [-0.15, -0.1) is 0 Å². The van der Waals surface area contributed by atoms with Gasteiger partial charge in [-0.05, 0) is 71.0 Å². The number of halogens is 2. The average molecular weight is 476 g/mol. The highest BCUT2D eigenvalue weighted by atomic mass is 79.9. The molecule has 0 aliphatic rings. The summed E-state index contributed by atoms with van der Waals surface area (Å²) in [5, 5.41) is 13.6. The highest BCUT2D eigenvalue weighted by molar-refractivity contribution is 9.10. The van der Waals surface area contributed by atoms with E-state index in [1.165, 1.54) is 17.8 Å². The predicted octanol–water partition coefficient (Wildman–Crippen LogP) is 5.49. The molecule has 0 atom stereocenters. The van der Waals surface area contributed by atoms with E-state index in [1.54, 1.807) is 42.6 Å². The van der Waals surface area contributed by atoms with E-state index in [0.717, 1.165) is 5.69 Å². The van der Waals surface area contributed by atoms with Gasteiger partial charge in [0.15, 0.2) is 10.2 Å². The molecular weight excluding hydrogens is 464 g/mol. The van der Waals surface area contributed by atoms with E-state index in [4.69, 9.17) is 16.0 Å². The number of aryl methyl sites for hydroxylation is 1. The zero-order valence-electron chi connectivity index (χ0n) is 14.4. The number of nitriles is 1. The Balaban J connectivity index is 1.78. The number of aromatic nitrogens is 2. The number of benzene rings is 1. The summed E-state index contributed by atoms with van der Waals surface area (Å²) in [4.78, 5) is 20.8. The van der Waals surface area contributed by atoms with Gasteiger partial charge in [0.1, 0.15) is 17.4 Å². The molecule has 0 aliphatic heterocycles. The molecule has 0 saturated carbocycles. The Kier molecular flexibility index (Phi) is 6.52. The van der Waals surface area contributed by atoms with Crippen LogP contribution in [0.4, 0.5) is 5.69 Å². The third-order valence-electron chi connectivity index (χ3n) is 3.38. The first kappa shape index (κ1) is 20.1. The average Bonchev–Trinajstić information content (AvgIpc) is 3.00. The highest BCUT2D eigenvalue weighted by Crippen LogP contribution is 2.35. The Labute approximate surface area is 178 Å². The molecule has 3 rings (SSSR count). The minimum atomic E-state index is -0.548. The summed E-state index contributed by atoms with van der Waals surface area (Å²) in [6.45, 7) is 1.87. The molecule has 3 aromatic rings. The number of nitrogens with zero attached hydrogens (tertiary/aromatic N) is 3. The molecule has 9 heteroatoms. The topological polar surface area (TPSA) is 91.8 Å². The van der Waals surface area contributed by atoms with Crippen LogP contribution in [0.3, 0.4) is 0 Å². The van der Waals surface area contributed by atoms with Crippen molar-refractivity contribution >= 4 is 57.0 Å². The maximum Gasteiger partial charge on any atom is 0.266 e. The van der Waals surface area contributed by atoms with Gasteiger partial charge in [-0.2, -0.15) is 5.26 Å². The van der Waals surface area contributed by atoms with Crippen molar-refractivity contribution in [2.45, 2.75) is 17.2 Å². The molecule has 0 spiro atoms. The third-order valence-corrected chi connectivity index (χ3v) is 5.36. The minimum Gasteiger partial charge on any atom is -0.449 e. The van der Waals surface area contributed by atoms with Gasteiger partial charge >= 0.3 is 0 Å². The first-order chi connectivity index (χ1) is 13.4. The number of rotatable bonds is 5. The molecular formula is C19H12BrClN4O2S. The van der Waals surface area contributed by atoms with E-state index < -0.39 is 5.91 Å². The molecule has 1 amide bonds. The molecule has 28 heavy (non-hydrogen) atoms. The molecule has 0 fully saturated rings. The Bertz CT molecular complexity index is 1090. The number of carbonyl (C=O) groups excluding carboxylic acids is 1. The van der Waals surface area contributed by atoms with Crippen LogP contribution in [-0.2, 0) is 4.79 Å². The Morgan fingerprint density at radius 1 is 1.36 bits per heavy atom. The third kappa shape index (κ3) is 5.23. The lowest BCUT2D eigenvalue weighted by atomic mass is 10.2. The number of amides is 1. The first-order valence-corrected chi connectivity index (χ1v) is 9.89. The fourth-order valence-electron chi connectivity index (χ4n) is 2.09. The Hall–Kier alpha value is -2.60. The largest absolute Gasteiger partial charge is 0.449 e. The maximum atomic E-state index is 12.3. The number of nitrogens with one attached hydrogen (secondary N) is 1. The molecule has 0 aliphatic carbocycles. The first-order valence-electron chi connectivity index (χ1n) is 7.90. The van der Waals surface area contributed by atoms with E-state index in [1.807, 2.05) is 13.0 Å². The van der Waals surface area contributed by atoms with Crippen LogP contribution in [0.1, 0.15) is 11.5 Å².